The van der Waals surface area contributed by atoms with E-state index >= 15 is 0 Å². The fourth-order valence-electron chi connectivity index (χ4n) is 4.10. The van der Waals surface area contributed by atoms with Crippen LogP contribution in [0.4, 0.5) is 0 Å². The van der Waals surface area contributed by atoms with Crippen molar-refractivity contribution in [3.63, 3.8) is 0 Å². The number of guanidine groups is 1. The monoisotopic (exact) mass is 575 g/mol. The van der Waals surface area contributed by atoms with Gasteiger partial charge in [-0.05, 0) is 44.0 Å². The molecule has 182 valence electrons. The van der Waals surface area contributed by atoms with Crippen molar-refractivity contribution in [2.75, 3.05) is 13.7 Å². The van der Waals surface area contributed by atoms with E-state index in [-0.39, 0.29) is 30.1 Å². The minimum absolute atomic E-state index is 0. The van der Waals surface area contributed by atoms with Gasteiger partial charge >= 0.3 is 0 Å². The van der Waals surface area contributed by atoms with Crippen LogP contribution in [0.25, 0.3) is 0 Å². The van der Waals surface area contributed by atoms with Crippen LogP contribution in [0.5, 0.6) is 11.5 Å². The molecule has 1 aliphatic rings. The number of rotatable bonds is 8. The summed E-state index contributed by atoms with van der Waals surface area (Å²) in [4.78, 5) is 8.68. The van der Waals surface area contributed by atoms with Gasteiger partial charge in [-0.2, -0.15) is 0 Å². The van der Waals surface area contributed by atoms with E-state index in [2.05, 4.69) is 68.5 Å². The molecule has 2 aromatic carbocycles. The molecule has 3 aromatic rings. The average Bonchev–Trinajstić information content (AvgIpc) is 3.38. The van der Waals surface area contributed by atoms with Crippen LogP contribution in [0.1, 0.15) is 41.9 Å². The van der Waals surface area contributed by atoms with Crippen molar-refractivity contribution in [1.29, 1.82) is 0 Å². The number of hydrogen-bond donors (Lipinski definition) is 2. The number of ether oxygens (including phenoxy) is 2. The highest BCUT2D eigenvalue weighted by molar-refractivity contribution is 14.0. The first-order chi connectivity index (χ1) is 16.1. The van der Waals surface area contributed by atoms with Crippen LogP contribution >= 0.6 is 24.0 Å². The van der Waals surface area contributed by atoms with Crippen molar-refractivity contribution in [2.24, 2.45) is 4.99 Å². The Labute approximate surface area is 219 Å². The summed E-state index contributed by atoms with van der Waals surface area (Å²) < 4.78 is 14.0. The molecule has 1 atom stereocenters. The van der Waals surface area contributed by atoms with Gasteiger partial charge in [-0.1, -0.05) is 24.3 Å². The highest BCUT2D eigenvalue weighted by atomic mass is 127. The lowest BCUT2D eigenvalue weighted by molar-refractivity contribution is 0.254. The first-order valence-electron chi connectivity index (χ1n) is 11.5. The second-order valence-corrected chi connectivity index (χ2v) is 8.33. The van der Waals surface area contributed by atoms with Crippen LogP contribution < -0.4 is 20.1 Å². The Morgan fingerprint density at radius 3 is 2.74 bits per heavy atom. The van der Waals surface area contributed by atoms with Crippen molar-refractivity contribution >= 4 is 29.9 Å². The molecule has 4 rings (SSSR count). The van der Waals surface area contributed by atoms with Gasteiger partial charge in [0.2, 0.25) is 0 Å². The molecule has 1 unspecified atom stereocenters. The molecule has 0 bridgehead atoms. The van der Waals surface area contributed by atoms with Gasteiger partial charge in [-0.3, -0.25) is 4.99 Å². The van der Waals surface area contributed by atoms with Crippen LogP contribution in [-0.2, 0) is 26.1 Å². The molecule has 34 heavy (non-hydrogen) atoms. The van der Waals surface area contributed by atoms with Crippen LogP contribution in [-0.4, -0.2) is 35.3 Å². The van der Waals surface area contributed by atoms with E-state index in [1.165, 1.54) is 16.7 Å². The average molecular weight is 575 g/mol. The van der Waals surface area contributed by atoms with E-state index in [0.717, 1.165) is 41.8 Å². The number of aliphatic imine (C=N–C) groups is 1. The van der Waals surface area contributed by atoms with Crippen molar-refractivity contribution < 1.29 is 9.47 Å². The van der Waals surface area contributed by atoms with Gasteiger partial charge in [-0.25, -0.2) is 4.98 Å². The SMILES string of the molecule is CCOc1cc2c(cc1CNC(=NC)NCc1cccc(Cn3ccnc3C)c1)OC(C)C2.I. The fraction of sp³-hybridized carbons (Fsp3) is 0.385. The van der Waals surface area contributed by atoms with Gasteiger partial charge in [0.25, 0.3) is 0 Å². The summed E-state index contributed by atoms with van der Waals surface area (Å²) in [5.74, 6) is 3.61. The molecule has 1 aromatic heterocycles. The van der Waals surface area contributed by atoms with Gasteiger partial charge in [0.05, 0.1) is 6.61 Å². The molecule has 0 aliphatic carbocycles. The normalized spacial score (nSPS) is 14.7. The first-order valence-corrected chi connectivity index (χ1v) is 11.5. The predicted octanol–water partition coefficient (Wildman–Crippen LogP) is 4.45. The van der Waals surface area contributed by atoms with Crippen LogP contribution in [0, 0.1) is 6.92 Å². The Hall–Kier alpha value is -2.75. The summed E-state index contributed by atoms with van der Waals surface area (Å²) >= 11 is 0. The minimum atomic E-state index is 0. The molecule has 1 aliphatic heterocycles. The zero-order valence-electron chi connectivity index (χ0n) is 20.3. The lowest BCUT2D eigenvalue weighted by Gasteiger charge is -2.16. The zero-order valence-corrected chi connectivity index (χ0v) is 22.6. The number of nitrogens with zero attached hydrogens (tertiary/aromatic N) is 3. The summed E-state index contributed by atoms with van der Waals surface area (Å²) in [7, 11) is 1.78. The maximum Gasteiger partial charge on any atom is 0.191 e. The topological polar surface area (TPSA) is 72.7 Å². The Balaban J connectivity index is 0.00000324. The summed E-state index contributed by atoms with van der Waals surface area (Å²) in [6, 6.07) is 12.8. The third-order valence-electron chi connectivity index (χ3n) is 5.78. The van der Waals surface area contributed by atoms with Crippen molar-refractivity contribution in [3.05, 3.63) is 76.9 Å². The van der Waals surface area contributed by atoms with Gasteiger partial charge in [0.1, 0.15) is 23.4 Å². The Bertz CT molecular complexity index is 1130. The Morgan fingerprint density at radius 2 is 2.00 bits per heavy atom. The number of halogens is 1. The highest BCUT2D eigenvalue weighted by Gasteiger charge is 2.22. The quantitative estimate of drug-likeness (QED) is 0.236. The molecule has 0 amide bonds. The standard InChI is InChI=1S/C26H33N5O2.HI/c1-5-32-24-13-22-11-18(2)33-25(22)14-23(24)16-30-26(27-4)29-15-20-7-6-8-21(12-20)17-31-10-9-28-19(31)3;/h6-10,12-14,18H,5,11,15-17H2,1-4H3,(H2,27,29,30);1H. The van der Waals surface area contributed by atoms with Gasteiger partial charge < -0.3 is 24.7 Å². The number of benzene rings is 2. The third-order valence-corrected chi connectivity index (χ3v) is 5.78. The molecule has 2 heterocycles. The summed E-state index contributed by atoms with van der Waals surface area (Å²) in [6.45, 7) is 8.84. The van der Waals surface area contributed by atoms with Crippen molar-refractivity contribution in [2.45, 2.75) is 52.9 Å². The van der Waals surface area contributed by atoms with Gasteiger partial charge in [0, 0.05) is 56.6 Å². The predicted molar refractivity (Wildman–Crippen MR) is 146 cm³/mol. The minimum Gasteiger partial charge on any atom is -0.494 e. The van der Waals surface area contributed by atoms with E-state index in [1.54, 1.807) is 7.05 Å². The van der Waals surface area contributed by atoms with Crippen molar-refractivity contribution in [1.82, 2.24) is 20.2 Å². The van der Waals surface area contributed by atoms with Crippen LogP contribution in [0.2, 0.25) is 0 Å². The molecule has 0 fully saturated rings. The Morgan fingerprint density at radius 1 is 1.21 bits per heavy atom. The molecule has 0 spiro atoms. The van der Waals surface area contributed by atoms with Crippen LogP contribution in [0.15, 0.2) is 53.8 Å². The van der Waals surface area contributed by atoms with E-state index in [0.29, 0.717) is 19.7 Å². The van der Waals surface area contributed by atoms with Gasteiger partial charge in [-0.15, -0.1) is 24.0 Å². The third kappa shape index (κ3) is 6.43. The number of hydrogen-bond acceptors (Lipinski definition) is 4. The van der Waals surface area contributed by atoms with E-state index < -0.39 is 0 Å². The molecule has 0 radical (unpaired) electrons. The number of aromatic nitrogens is 2. The molecular formula is C26H34IN5O2. The van der Waals surface area contributed by atoms with E-state index in [4.69, 9.17) is 9.47 Å². The largest absolute Gasteiger partial charge is 0.494 e. The molecule has 0 saturated carbocycles. The zero-order chi connectivity index (χ0) is 23.2. The van der Waals surface area contributed by atoms with E-state index in [9.17, 15) is 0 Å². The lowest BCUT2D eigenvalue weighted by atomic mass is 10.1. The molecule has 7 nitrogen and oxygen atoms in total. The number of aryl methyl sites for hydroxylation is 1. The summed E-state index contributed by atoms with van der Waals surface area (Å²) in [6.07, 6.45) is 4.97. The number of imidazole rings is 1. The number of nitrogens with one attached hydrogen (secondary N) is 2. The van der Waals surface area contributed by atoms with Crippen LogP contribution in [0.3, 0.4) is 0 Å². The summed E-state index contributed by atoms with van der Waals surface area (Å²) in [5.41, 5.74) is 4.71. The smallest absolute Gasteiger partial charge is 0.191 e. The highest BCUT2D eigenvalue weighted by Crippen LogP contribution is 2.35. The number of fused-ring (bicyclic) bond motifs is 1. The lowest BCUT2D eigenvalue weighted by Crippen LogP contribution is -2.36. The maximum atomic E-state index is 5.94. The van der Waals surface area contributed by atoms with Crippen molar-refractivity contribution in [3.8, 4) is 11.5 Å². The summed E-state index contributed by atoms with van der Waals surface area (Å²) in [5, 5.41) is 6.82. The fourth-order valence-corrected chi connectivity index (χ4v) is 4.10. The molecule has 8 heteroatoms. The Kier molecular flexibility index (Phi) is 9.20. The maximum absolute atomic E-state index is 5.94. The van der Waals surface area contributed by atoms with E-state index in [1.807, 2.05) is 26.2 Å². The first kappa shape index (κ1) is 25.9. The molecule has 0 saturated heterocycles. The second kappa shape index (κ2) is 12.1. The second-order valence-electron chi connectivity index (χ2n) is 8.33. The molecular weight excluding hydrogens is 541 g/mol. The van der Waals surface area contributed by atoms with Gasteiger partial charge in [0.15, 0.2) is 5.96 Å². The molecule has 2 N–H and O–H groups in total.